The van der Waals surface area contributed by atoms with E-state index in [-0.39, 0.29) is 11.8 Å². The Bertz CT molecular complexity index is 319. The van der Waals surface area contributed by atoms with Crippen molar-refractivity contribution in [1.29, 1.82) is 0 Å². The molecule has 108 valence electrons. The van der Waals surface area contributed by atoms with Crippen molar-refractivity contribution < 1.29 is 9.59 Å². The summed E-state index contributed by atoms with van der Waals surface area (Å²) in [4.78, 5) is 27.2. The lowest BCUT2D eigenvalue weighted by atomic mass is 10.2. The van der Waals surface area contributed by atoms with Crippen LogP contribution in [0.2, 0.25) is 0 Å². The molecule has 0 aromatic carbocycles. The van der Waals surface area contributed by atoms with Crippen molar-refractivity contribution in [2.75, 3.05) is 32.7 Å². The van der Waals surface area contributed by atoms with E-state index in [0.29, 0.717) is 12.5 Å². The summed E-state index contributed by atoms with van der Waals surface area (Å²) in [6.45, 7) is 5.78. The average molecular weight is 267 g/mol. The van der Waals surface area contributed by atoms with Gasteiger partial charge in [0.2, 0.25) is 11.8 Å². The van der Waals surface area contributed by atoms with E-state index >= 15 is 0 Å². The third-order valence-corrected chi connectivity index (χ3v) is 4.19. The summed E-state index contributed by atoms with van der Waals surface area (Å²) in [7, 11) is 0. The van der Waals surface area contributed by atoms with Gasteiger partial charge >= 0.3 is 0 Å². The van der Waals surface area contributed by atoms with Gasteiger partial charge in [-0.3, -0.25) is 14.5 Å². The Morgan fingerprint density at radius 1 is 1.11 bits per heavy atom. The topological polar surface area (TPSA) is 52.7 Å². The minimum atomic E-state index is 0.152. The lowest BCUT2D eigenvalue weighted by molar-refractivity contribution is -0.131. The van der Waals surface area contributed by atoms with E-state index in [2.05, 4.69) is 10.2 Å². The van der Waals surface area contributed by atoms with E-state index in [0.717, 1.165) is 45.6 Å². The molecule has 1 saturated carbocycles. The van der Waals surface area contributed by atoms with Crippen LogP contribution < -0.4 is 5.32 Å². The molecule has 0 radical (unpaired) electrons. The fourth-order valence-corrected chi connectivity index (χ4v) is 2.92. The molecule has 1 aliphatic heterocycles. The Labute approximate surface area is 115 Å². The fourth-order valence-electron chi connectivity index (χ4n) is 2.92. The van der Waals surface area contributed by atoms with Gasteiger partial charge in [-0.25, -0.2) is 0 Å². The van der Waals surface area contributed by atoms with E-state index < -0.39 is 0 Å². The molecule has 1 saturated heterocycles. The third-order valence-electron chi connectivity index (χ3n) is 4.19. The normalized spacial score (nSPS) is 21.6. The quantitative estimate of drug-likeness (QED) is 0.811. The van der Waals surface area contributed by atoms with Crippen LogP contribution in [0.3, 0.4) is 0 Å². The maximum Gasteiger partial charge on any atom is 0.221 e. The molecule has 0 atom stereocenters. The Hall–Kier alpha value is -1.10. The Morgan fingerprint density at radius 3 is 2.32 bits per heavy atom. The number of rotatable bonds is 4. The summed E-state index contributed by atoms with van der Waals surface area (Å²) in [6.07, 6.45) is 5.36. The van der Waals surface area contributed by atoms with Gasteiger partial charge in [0.25, 0.3) is 0 Å². The summed E-state index contributed by atoms with van der Waals surface area (Å²) in [5.74, 6) is 0.333. The molecule has 0 unspecified atom stereocenters. The largest absolute Gasteiger partial charge is 0.353 e. The van der Waals surface area contributed by atoms with Gasteiger partial charge in [-0.1, -0.05) is 12.8 Å². The molecule has 5 heteroatoms. The lowest BCUT2D eigenvalue weighted by Crippen LogP contribution is -2.48. The summed E-state index contributed by atoms with van der Waals surface area (Å²) in [5, 5.41) is 3.12. The highest BCUT2D eigenvalue weighted by Gasteiger charge is 2.20. The number of piperazine rings is 1. The second-order valence-electron chi connectivity index (χ2n) is 5.65. The number of amides is 2. The van der Waals surface area contributed by atoms with Gasteiger partial charge in [-0.05, 0) is 12.8 Å². The van der Waals surface area contributed by atoms with Crippen LogP contribution in [0.5, 0.6) is 0 Å². The molecule has 1 N–H and O–H groups in total. The second-order valence-corrected chi connectivity index (χ2v) is 5.65. The van der Waals surface area contributed by atoms with Crippen molar-refractivity contribution in [3.63, 3.8) is 0 Å². The highest BCUT2D eigenvalue weighted by atomic mass is 16.2. The maximum absolute atomic E-state index is 11.8. The summed E-state index contributed by atoms with van der Waals surface area (Å²) in [5.41, 5.74) is 0. The molecule has 0 bridgehead atoms. The number of carbonyl (C=O) groups excluding carboxylic acids is 2. The van der Waals surface area contributed by atoms with Gasteiger partial charge < -0.3 is 10.2 Å². The van der Waals surface area contributed by atoms with E-state index in [1.165, 1.54) is 12.8 Å². The van der Waals surface area contributed by atoms with Crippen LogP contribution in [-0.4, -0.2) is 60.4 Å². The zero-order valence-corrected chi connectivity index (χ0v) is 11.9. The number of carbonyl (C=O) groups is 2. The summed E-state index contributed by atoms with van der Waals surface area (Å²) in [6, 6.07) is 0.419. The van der Waals surface area contributed by atoms with Crippen LogP contribution in [0.15, 0.2) is 0 Å². The number of hydrogen-bond acceptors (Lipinski definition) is 3. The average Bonchev–Trinajstić information content (AvgIpc) is 2.89. The molecule has 19 heavy (non-hydrogen) atoms. The Kier molecular flexibility index (Phi) is 5.19. The fraction of sp³-hybridized carbons (Fsp3) is 0.857. The van der Waals surface area contributed by atoms with Crippen LogP contribution in [0.1, 0.15) is 39.0 Å². The molecule has 1 aliphatic carbocycles. The van der Waals surface area contributed by atoms with Crippen LogP contribution in [0, 0.1) is 0 Å². The highest BCUT2D eigenvalue weighted by molar-refractivity contribution is 5.76. The SMILES string of the molecule is CC(=O)N1CCN(CCC(=O)NC2CCCC2)CC1. The summed E-state index contributed by atoms with van der Waals surface area (Å²) >= 11 is 0. The molecule has 0 aromatic rings. The van der Waals surface area contributed by atoms with E-state index in [1.54, 1.807) is 6.92 Å². The van der Waals surface area contributed by atoms with Gasteiger partial charge in [-0.15, -0.1) is 0 Å². The molecule has 0 spiro atoms. The molecule has 2 aliphatic rings. The Balaban J connectivity index is 1.60. The molecule has 2 rings (SSSR count). The van der Waals surface area contributed by atoms with Crippen molar-refractivity contribution in [1.82, 2.24) is 15.1 Å². The van der Waals surface area contributed by atoms with E-state index in [9.17, 15) is 9.59 Å². The first-order valence-corrected chi connectivity index (χ1v) is 7.42. The van der Waals surface area contributed by atoms with Gasteiger partial charge in [-0.2, -0.15) is 0 Å². The van der Waals surface area contributed by atoms with Crippen LogP contribution >= 0.6 is 0 Å². The van der Waals surface area contributed by atoms with Crippen LogP contribution in [-0.2, 0) is 9.59 Å². The molecule has 5 nitrogen and oxygen atoms in total. The first-order valence-electron chi connectivity index (χ1n) is 7.42. The number of nitrogens with one attached hydrogen (secondary N) is 1. The highest BCUT2D eigenvalue weighted by Crippen LogP contribution is 2.17. The minimum absolute atomic E-state index is 0.152. The minimum Gasteiger partial charge on any atom is -0.353 e. The van der Waals surface area contributed by atoms with Crippen LogP contribution in [0.25, 0.3) is 0 Å². The zero-order chi connectivity index (χ0) is 13.7. The third kappa shape index (κ3) is 4.49. The molecular formula is C14H25N3O2. The van der Waals surface area contributed by atoms with Gasteiger partial charge in [0.15, 0.2) is 0 Å². The lowest BCUT2D eigenvalue weighted by Gasteiger charge is -2.34. The molecule has 0 aromatic heterocycles. The Morgan fingerprint density at radius 2 is 1.74 bits per heavy atom. The molecule has 2 amide bonds. The summed E-state index contributed by atoms with van der Waals surface area (Å²) < 4.78 is 0. The number of nitrogens with zero attached hydrogens (tertiary/aromatic N) is 2. The monoisotopic (exact) mass is 267 g/mol. The van der Waals surface area contributed by atoms with Gasteiger partial charge in [0.1, 0.15) is 0 Å². The van der Waals surface area contributed by atoms with Crippen molar-refractivity contribution in [3.8, 4) is 0 Å². The second kappa shape index (κ2) is 6.89. The van der Waals surface area contributed by atoms with Crippen molar-refractivity contribution in [2.45, 2.75) is 45.1 Å². The van der Waals surface area contributed by atoms with Gasteiger partial charge in [0.05, 0.1) is 0 Å². The maximum atomic E-state index is 11.8. The van der Waals surface area contributed by atoms with Crippen LogP contribution in [0.4, 0.5) is 0 Å². The predicted molar refractivity (Wildman–Crippen MR) is 73.7 cm³/mol. The van der Waals surface area contributed by atoms with Crippen molar-refractivity contribution in [3.05, 3.63) is 0 Å². The smallest absolute Gasteiger partial charge is 0.221 e. The van der Waals surface area contributed by atoms with E-state index in [1.807, 2.05) is 4.90 Å². The molecule has 2 fully saturated rings. The van der Waals surface area contributed by atoms with E-state index in [4.69, 9.17) is 0 Å². The first-order chi connectivity index (χ1) is 9.15. The van der Waals surface area contributed by atoms with Gasteiger partial charge in [0, 0.05) is 52.1 Å². The standard InChI is InChI=1S/C14H25N3O2/c1-12(18)17-10-8-16(9-11-17)7-6-14(19)15-13-4-2-3-5-13/h13H,2-11H2,1H3,(H,15,19). The zero-order valence-electron chi connectivity index (χ0n) is 11.9. The van der Waals surface area contributed by atoms with Crippen molar-refractivity contribution >= 4 is 11.8 Å². The van der Waals surface area contributed by atoms with Crippen molar-refractivity contribution in [2.24, 2.45) is 0 Å². The molecule has 1 heterocycles. The predicted octanol–water partition coefficient (Wildman–Crippen LogP) is 0.599. The molecular weight excluding hydrogens is 242 g/mol. The number of hydrogen-bond donors (Lipinski definition) is 1. The first kappa shape index (κ1) is 14.3.